The van der Waals surface area contributed by atoms with Gasteiger partial charge in [0, 0.05) is 6.54 Å². The van der Waals surface area contributed by atoms with E-state index in [0.717, 1.165) is 32.1 Å². The molecule has 0 aromatic carbocycles. The van der Waals surface area contributed by atoms with Crippen molar-refractivity contribution in [3.05, 3.63) is 0 Å². The Kier molecular flexibility index (Phi) is 5.08. The minimum absolute atomic E-state index is 0.0373. The summed E-state index contributed by atoms with van der Waals surface area (Å²) in [7, 11) is 0. The highest BCUT2D eigenvalue weighted by Crippen LogP contribution is 2.33. The van der Waals surface area contributed by atoms with Crippen LogP contribution < -0.4 is 10.6 Å². The van der Waals surface area contributed by atoms with Crippen molar-refractivity contribution in [3.8, 4) is 0 Å². The van der Waals surface area contributed by atoms with Gasteiger partial charge in [-0.1, -0.05) is 19.8 Å². The number of ether oxygens (including phenoxy) is 1. The van der Waals surface area contributed by atoms with Crippen LogP contribution in [-0.2, 0) is 9.53 Å². The van der Waals surface area contributed by atoms with Gasteiger partial charge in [-0.15, -0.1) is 0 Å². The maximum absolute atomic E-state index is 12.1. The SMILES string of the molecule is CC1CCC(CNC(=O)NC2(C(=O)O)CCCCC2C)O1. The number of amides is 2. The van der Waals surface area contributed by atoms with Gasteiger partial charge in [0.2, 0.25) is 0 Å². The summed E-state index contributed by atoms with van der Waals surface area (Å²) in [6.07, 6.45) is 5.39. The van der Waals surface area contributed by atoms with Gasteiger partial charge in [0.1, 0.15) is 5.54 Å². The molecule has 2 fully saturated rings. The lowest BCUT2D eigenvalue weighted by Crippen LogP contribution is -2.62. The third kappa shape index (κ3) is 3.67. The topological polar surface area (TPSA) is 87.7 Å². The quantitative estimate of drug-likeness (QED) is 0.739. The van der Waals surface area contributed by atoms with E-state index in [2.05, 4.69) is 10.6 Å². The van der Waals surface area contributed by atoms with Gasteiger partial charge >= 0.3 is 12.0 Å². The van der Waals surface area contributed by atoms with Crippen LogP contribution in [-0.4, -0.2) is 41.4 Å². The van der Waals surface area contributed by atoms with Crippen molar-refractivity contribution >= 4 is 12.0 Å². The molecule has 1 aliphatic heterocycles. The number of carboxylic acids is 1. The lowest BCUT2D eigenvalue weighted by atomic mass is 9.73. The molecule has 6 nitrogen and oxygen atoms in total. The fraction of sp³-hybridized carbons (Fsp3) is 0.867. The van der Waals surface area contributed by atoms with Crippen LogP contribution in [0.4, 0.5) is 4.79 Å². The van der Waals surface area contributed by atoms with Gasteiger partial charge in [-0.05, 0) is 38.5 Å². The normalized spacial score (nSPS) is 36.2. The van der Waals surface area contributed by atoms with Crippen molar-refractivity contribution in [3.63, 3.8) is 0 Å². The Morgan fingerprint density at radius 3 is 2.57 bits per heavy atom. The van der Waals surface area contributed by atoms with Crippen molar-refractivity contribution < 1.29 is 19.4 Å². The zero-order valence-electron chi connectivity index (χ0n) is 12.9. The number of rotatable bonds is 4. The number of carbonyl (C=O) groups is 2. The van der Waals surface area contributed by atoms with E-state index < -0.39 is 17.5 Å². The molecule has 4 atom stereocenters. The summed E-state index contributed by atoms with van der Waals surface area (Å²) in [5.74, 6) is -0.993. The fourth-order valence-corrected chi connectivity index (χ4v) is 3.39. The molecule has 0 spiro atoms. The number of nitrogens with one attached hydrogen (secondary N) is 2. The first-order valence-electron chi connectivity index (χ1n) is 7.89. The number of carbonyl (C=O) groups excluding carboxylic acids is 1. The summed E-state index contributed by atoms with van der Waals surface area (Å²) < 4.78 is 5.64. The van der Waals surface area contributed by atoms with E-state index in [1.54, 1.807) is 0 Å². The van der Waals surface area contributed by atoms with Crippen molar-refractivity contribution in [2.45, 2.75) is 70.1 Å². The first-order valence-corrected chi connectivity index (χ1v) is 7.89. The highest BCUT2D eigenvalue weighted by atomic mass is 16.5. The van der Waals surface area contributed by atoms with Crippen molar-refractivity contribution in [2.24, 2.45) is 5.92 Å². The van der Waals surface area contributed by atoms with E-state index in [-0.39, 0.29) is 18.1 Å². The van der Waals surface area contributed by atoms with E-state index >= 15 is 0 Å². The molecular formula is C15H26N2O4. The molecule has 1 saturated carbocycles. The van der Waals surface area contributed by atoms with Crippen LogP contribution in [0.2, 0.25) is 0 Å². The lowest BCUT2D eigenvalue weighted by Gasteiger charge is -2.39. The smallest absolute Gasteiger partial charge is 0.329 e. The minimum Gasteiger partial charge on any atom is -0.479 e. The van der Waals surface area contributed by atoms with Crippen LogP contribution in [0, 0.1) is 5.92 Å². The zero-order chi connectivity index (χ0) is 15.5. The highest BCUT2D eigenvalue weighted by molar-refractivity contribution is 5.86. The summed E-state index contributed by atoms with van der Waals surface area (Å²) in [4.78, 5) is 23.7. The van der Waals surface area contributed by atoms with E-state index in [1.165, 1.54) is 0 Å². The van der Waals surface area contributed by atoms with Gasteiger partial charge in [0.25, 0.3) is 0 Å². The molecule has 21 heavy (non-hydrogen) atoms. The van der Waals surface area contributed by atoms with Crippen LogP contribution >= 0.6 is 0 Å². The molecular weight excluding hydrogens is 272 g/mol. The third-order valence-corrected chi connectivity index (χ3v) is 4.83. The Bertz CT molecular complexity index is 401. The van der Waals surface area contributed by atoms with Crippen molar-refractivity contribution in [1.29, 1.82) is 0 Å². The second-order valence-corrected chi connectivity index (χ2v) is 6.40. The van der Waals surface area contributed by atoms with Gasteiger partial charge in [0.05, 0.1) is 12.2 Å². The summed E-state index contributed by atoms with van der Waals surface area (Å²) >= 11 is 0. The summed E-state index contributed by atoms with van der Waals surface area (Å²) in [6, 6.07) is -0.408. The van der Waals surface area contributed by atoms with Crippen LogP contribution in [0.5, 0.6) is 0 Å². The van der Waals surface area contributed by atoms with Gasteiger partial charge in [-0.2, -0.15) is 0 Å². The molecule has 0 bridgehead atoms. The Balaban J connectivity index is 1.88. The van der Waals surface area contributed by atoms with Gasteiger partial charge in [-0.3, -0.25) is 0 Å². The lowest BCUT2D eigenvalue weighted by molar-refractivity contribution is -0.148. The van der Waals surface area contributed by atoms with E-state index in [4.69, 9.17) is 4.74 Å². The van der Waals surface area contributed by atoms with E-state index in [9.17, 15) is 14.7 Å². The van der Waals surface area contributed by atoms with Gasteiger partial charge in [-0.25, -0.2) is 9.59 Å². The van der Waals surface area contributed by atoms with Crippen LogP contribution in [0.25, 0.3) is 0 Å². The van der Waals surface area contributed by atoms with Crippen LogP contribution in [0.15, 0.2) is 0 Å². The number of hydrogen-bond donors (Lipinski definition) is 3. The maximum atomic E-state index is 12.1. The molecule has 1 heterocycles. The Hall–Kier alpha value is -1.30. The molecule has 1 aliphatic carbocycles. The minimum atomic E-state index is -1.13. The predicted octanol–water partition coefficient (Wildman–Crippen LogP) is 1.89. The van der Waals surface area contributed by atoms with E-state index in [0.29, 0.717) is 13.0 Å². The van der Waals surface area contributed by atoms with Crippen molar-refractivity contribution in [2.75, 3.05) is 6.54 Å². The Labute approximate surface area is 125 Å². The molecule has 120 valence electrons. The average Bonchev–Trinajstić information content (AvgIpc) is 2.85. The molecule has 2 aliphatic rings. The van der Waals surface area contributed by atoms with Crippen molar-refractivity contribution in [1.82, 2.24) is 10.6 Å². The first kappa shape index (κ1) is 16.1. The fourth-order valence-electron chi connectivity index (χ4n) is 3.39. The third-order valence-electron chi connectivity index (χ3n) is 4.83. The Morgan fingerprint density at radius 2 is 2.00 bits per heavy atom. The summed E-state index contributed by atoms with van der Waals surface area (Å²) in [5, 5.41) is 15.0. The van der Waals surface area contributed by atoms with Gasteiger partial charge < -0.3 is 20.5 Å². The summed E-state index contributed by atoms with van der Waals surface area (Å²) in [5.41, 5.74) is -1.13. The van der Waals surface area contributed by atoms with Crippen LogP contribution in [0.3, 0.4) is 0 Å². The number of hydrogen-bond acceptors (Lipinski definition) is 3. The second-order valence-electron chi connectivity index (χ2n) is 6.40. The predicted molar refractivity (Wildman–Crippen MR) is 78.1 cm³/mol. The zero-order valence-corrected chi connectivity index (χ0v) is 12.9. The number of carboxylic acid groups (broad SMARTS) is 1. The molecule has 0 radical (unpaired) electrons. The molecule has 2 rings (SSSR count). The highest BCUT2D eigenvalue weighted by Gasteiger charge is 2.46. The Morgan fingerprint density at radius 1 is 1.24 bits per heavy atom. The molecule has 6 heteroatoms. The standard InChI is InChI=1S/C15H26N2O4/c1-10-5-3-4-8-15(10,13(18)19)17-14(20)16-9-12-7-6-11(2)21-12/h10-12H,3-9H2,1-2H3,(H,18,19)(H2,16,17,20). The molecule has 1 saturated heterocycles. The molecule has 3 N–H and O–H groups in total. The first-order chi connectivity index (χ1) is 9.94. The molecule has 0 aromatic heterocycles. The number of aliphatic carboxylic acids is 1. The van der Waals surface area contributed by atoms with E-state index in [1.807, 2.05) is 13.8 Å². The second kappa shape index (κ2) is 6.64. The maximum Gasteiger partial charge on any atom is 0.329 e. The number of urea groups is 1. The van der Waals surface area contributed by atoms with Gasteiger partial charge in [0.15, 0.2) is 0 Å². The molecule has 0 aromatic rings. The summed E-state index contributed by atoms with van der Waals surface area (Å²) in [6.45, 7) is 4.35. The average molecular weight is 298 g/mol. The van der Waals surface area contributed by atoms with Crippen LogP contribution in [0.1, 0.15) is 52.4 Å². The largest absolute Gasteiger partial charge is 0.479 e. The molecule has 2 amide bonds. The molecule has 4 unspecified atom stereocenters. The monoisotopic (exact) mass is 298 g/mol.